The van der Waals surface area contributed by atoms with Crippen LogP contribution in [0.1, 0.15) is 122 Å². The highest BCUT2D eigenvalue weighted by molar-refractivity contribution is 5.14. The fraction of sp³-hybridized carbons (Fsp3) is 0.958. The van der Waals surface area contributed by atoms with Gasteiger partial charge in [0.05, 0.1) is 11.5 Å². The quantitative estimate of drug-likeness (QED) is 0.451. The van der Waals surface area contributed by atoms with Crippen LogP contribution in [0.25, 0.3) is 0 Å². The van der Waals surface area contributed by atoms with Crippen LogP contribution in [0.15, 0.2) is 0 Å². The molecule has 0 radical (unpaired) electrons. The van der Waals surface area contributed by atoms with E-state index in [9.17, 15) is 5.26 Å². The second-order valence-corrected chi connectivity index (χ2v) is 9.68. The highest BCUT2D eigenvalue weighted by atomic mass is 14.6. The van der Waals surface area contributed by atoms with Gasteiger partial charge in [0.25, 0.3) is 0 Å². The van der Waals surface area contributed by atoms with E-state index in [1.807, 2.05) is 0 Å². The van der Waals surface area contributed by atoms with Gasteiger partial charge in [0.15, 0.2) is 0 Å². The van der Waals surface area contributed by atoms with Gasteiger partial charge in [-0.3, -0.25) is 0 Å². The lowest BCUT2D eigenvalue weighted by molar-refractivity contribution is -0.0605. The first-order valence-corrected chi connectivity index (χ1v) is 11.7. The molecule has 25 heavy (non-hydrogen) atoms. The predicted octanol–water partition coefficient (Wildman–Crippen LogP) is 7.80. The standard InChI is InChI=1S/C24H41N/c1-2-3-6-11-21-12-14-22(15-13-21)24(18-9-5-10-19-24)23(20-25)16-7-4-8-17-23/h21-22H,2-19H2,1H3. The minimum absolute atomic E-state index is 0.0331. The third-order valence-corrected chi connectivity index (χ3v) is 8.46. The summed E-state index contributed by atoms with van der Waals surface area (Å²) in [5, 5.41) is 10.3. The molecule has 0 spiro atoms. The van der Waals surface area contributed by atoms with Crippen molar-refractivity contribution >= 4 is 0 Å². The van der Waals surface area contributed by atoms with Gasteiger partial charge in [-0.25, -0.2) is 0 Å². The van der Waals surface area contributed by atoms with Gasteiger partial charge in [-0.15, -0.1) is 0 Å². The SMILES string of the molecule is CCCCCC1CCC(C2(C3(C#N)CCCCC3)CCCCC2)CC1. The van der Waals surface area contributed by atoms with Crippen LogP contribution in [-0.2, 0) is 0 Å². The van der Waals surface area contributed by atoms with Gasteiger partial charge in [-0.1, -0.05) is 84.0 Å². The van der Waals surface area contributed by atoms with Gasteiger partial charge in [-0.05, 0) is 55.8 Å². The van der Waals surface area contributed by atoms with Crippen molar-refractivity contribution in [1.29, 1.82) is 5.26 Å². The average molecular weight is 344 g/mol. The van der Waals surface area contributed by atoms with Gasteiger partial charge < -0.3 is 0 Å². The van der Waals surface area contributed by atoms with Crippen molar-refractivity contribution in [2.75, 3.05) is 0 Å². The van der Waals surface area contributed by atoms with E-state index in [4.69, 9.17) is 0 Å². The Hall–Kier alpha value is -0.510. The van der Waals surface area contributed by atoms with Crippen molar-refractivity contribution in [1.82, 2.24) is 0 Å². The van der Waals surface area contributed by atoms with E-state index in [2.05, 4.69) is 13.0 Å². The van der Waals surface area contributed by atoms with Crippen LogP contribution >= 0.6 is 0 Å². The van der Waals surface area contributed by atoms with Crippen molar-refractivity contribution in [3.05, 3.63) is 0 Å². The molecule has 0 atom stereocenters. The summed E-state index contributed by atoms with van der Waals surface area (Å²) >= 11 is 0. The van der Waals surface area contributed by atoms with E-state index >= 15 is 0 Å². The molecule has 0 bridgehead atoms. The molecule has 3 aliphatic carbocycles. The Morgan fingerprint density at radius 1 is 0.800 bits per heavy atom. The summed E-state index contributed by atoms with van der Waals surface area (Å²) in [5.41, 5.74) is 0.417. The molecule has 0 saturated heterocycles. The first kappa shape index (κ1) is 19.3. The molecule has 1 nitrogen and oxygen atoms in total. The van der Waals surface area contributed by atoms with Gasteiger partial charge in [0.1, 0.15) is 0 Å². The van der Waals surface area contributed by atoms with Crippen molar-refractivity contribution < 1.29 is 0 Å². The zero-order valence-corrected chi connectivity index (χ0v) is 16.8. The number of hydrogen-bond donors (Lipinski definition) is 0. The molecule has 3 aliphatic rings. The fourth-order valence-corrected chi connectivity index (χ4v) is 7.02. The summed E-state index contributed by atoms with van der Waals surface area (Å²) in [6.45, 7) is 2.31. The molecule has 0 heterocycles. The Morgan fingerprint density at radius 3 is 1.96 bits per heavy atom. The molecule has 0 aromatic rings. The van der Waals surface area contributed by atoms with Crippen molar-refractivity contribution in [2.45, 2.75) is 122 Å². The Kier molecular flexibility index (Phi) is 6.87. The topological polar surface area (TPSA) is 23.8 Å². The third kappa shape index (κ3) is 3.94. The molecule has 0 aliphatic heterocycles. The summed E-state index contributed by atoms with van der Waals surface area (Å²) in [6.07, 6.45) is 24.8. The van der Waals surface area contributed by atoms with Crippen LogP contribution in [0.3, 0.4) is 0 Å². The van der Waals surface area contributed by atoms with Gasteiger partial charge >= 0.3 is 0 Å². The number of nitriles is 1. The molecular formula is C24H41N. The van der Waals surface area contributed by atoms with Crippen LogP contribution in [0.5, 0.6) is 0 Å². The van der Waals surface area contributed by atoms with E-state index in [1.165, 1.54) is 116 Å². The second kappa shape index (κ2) is 8.92. The Balaban J connectivity index is 1.70. The highest BCUT2D eigenvalue weighted by Gasteiger charge is 2.55. The minimum Gasteiger partial charge on any atom is -0.198 e. The summed E-state index contributed by atoms with van der Waals surface area (Å²) in [5.74, 6) is 1.85. The zero-order chi connectivity index (χ0) is 17.6. The maximum absolute atomic E-state index is 10.3. The van der Waals surface area contributed by atoms with E-state index in [-0.39, 0.29) is 5.41 Å². The van der Waals surface area contributed by atoms with E-state index in [0.717, 1.165) is 11.8 Å². The first-order chi connectivity index (χ1) is 12.3. The van der Waals surface area contributed by atoms with Crippen molar-refractivity contribution in [3.63, 3.8) is 0 Å². The molecule has 0 aromatic carbocycles. The van der Waals surface area contributed by atoms with Crippen molar-refractivity contribution in [3.8, 4) is 6.07 Å². The lowest BCUT2D eigenvalue weighted by Gasteiger charge is -2.56. The average Bonchev–Trinajstić information content (AvgIpc) is 2.70. The number of hydrogen-bond acceptors (Lipinski definition) is 1. The highest BCUT2D eigenvalue weighted by Crippen LogP contribution is 2.63. The van der Waals surface area contributed by atoms with Crippen molar-refractivity contribution in [2.24, 2.45) is 22.7 Å². The normalized spacial score (nSPS) is 32.0. The van der Waals surface area contributed by atoms with Crippen LogP contribution in [0.4, 0.5) is 0 Å². The van der Waals surface area contributed by atoms with Crippen LogP contribution in [0.2, 0.25) is 0 Å². The number of rotatable bonds is 6. The lowest BCUT2D eigenvalue weighted by Crippen LogP contribution is -2.49. The van der Waals surface area contributed by atoms with E-state index in [0.29, 0.717) is 5.41 Å². The largest absolute Gasteiger partial charge is 0.198 e. The molecule has 3 saturated carbocycles. The van der Waals surface area contributed by atoms with Crippen LogP contribution in [0, 0.1) is 34.0 Å². The molecule has 0 N–H and O–H groups in total. The third-order valence-electron chi connectivity index (χ3n) is 8.46. The molecule has 142 valence electrons. The molecular weight excluding hydrogens is 302 g/mol. The molecule has 3 fully saturated rings. The summed E-state index contributed by atoms with van der Waals surface area (Å²) in [6, 6.07) is 2.98. The van der Waals surface area contributed by atoms with Crippen LogP contribution in [-0.4, -0.2) is 0 Å². The van der Waals surface area contributed by atoms with Gasteiger partial charge in [0, 0.05) is 0 Å². The lowest BCUT2D eigenvalue weighted by atomic mass is 9.46. The molecule has 1 heteroatoms. The van der Waals surface area contributed by atoms with Crippen LogP contribution < -0.4 is 0 Å². The smallest absolute Gasteiger partial charge is 0.0695 e. The van der Waals surface area contributed by atoms with E-state index < -0.39 is 0 Å². The maximum Gasteiger partial charge on any atom is 0.0695 e. The molecule has 0 amide bonds. The zero-order valence-electron chi connectivity index (χ0n) is 16.8. The fourth-order valence-electron chi connectivity index (χ4n) is 7.02. The first-order valence-electron chi connectivity index (χ1n) is 11.7. The Bertz CT molecular complexity index is 426. The Labute approximate surface area is 157 Å². The number of nitrogens with zero attached hydrogens (tertiary/aromatic N) is 1. The van der Waals surface area contributed by atoms with Gasteiger partial charge in [0.2, 0.25) is 0 Å². The molecule has 0 aromatic heterocycles. The second-order valence-electron chi connectivity index (χ2n) is 9.68. The molecule has 3 rings (SSSR count). The molecule has 0 unspecified atom stereocenters. The maximum atomic E-state index is 10.3. The predicted molar refractivity (Wildman–Crippen MR) is 106 cm³/mol. The van der Waals surface area contributed by atoms with E-state index in [1.54, 1.807) is 0 Å². The Morgan fingerprint density at radius 2 is 1.40 bits per heavy atom. The van der Waals surface area contributed by atoms with Gasteiger partial charge in [-0.2, -0.15) is 5.26 Å². The monoisotopic (exact) mass is 343 g/mol. The minimum atomic E-state index is 0.0331. The number of unbranched alkanes of at least 4 members (excludes halogenated alkanes) is 2. The summed E-state index contributed by atoms with van der Waals surface area (Å²) < 4.78 is 0. The summed E-state index contributed by atoms with van der Waals surface area (Å²) in [4.78, 5) is 0. The summed E-state index contributed by atoms with van der Waals surface area (Å²) in [7, 11) is 0.